The monoisotopic (exact) mass is 323 g/mol. The van der Waals surface area contributed by atoms with Gasteiger partial charge in [-0.05, 0) is 52.0 Å². The SMILES string of the molecule is CC(NC(=O)OC(C)(C)C)c1nc(-c2ccc(Cl)cc2)no1. The second kappa shape index (κ2) is 6.36. The van der Waals surface area contributed by atoms with Crippen molar-refractivity contribution >= 4 is 17.7 Å². The highest BCUT2D eigenvalue weighted by Crippen LogP contribution is 2.20. The van der Waals surface area contributed by atoms with Crippen molar-refractivity contribution in [1.29, 1.82) is 0 Å². The predicted octanol–water partition coefficient (Wildman–Crippen LogP) is 3.98. The molecule has 6 nitrogen and oxygen atoms in total. The van der Waals surface area contributed by atoms with Crippen LogP contribution in [-0.2, 0) is 4.74 Å². The Labute approximate surface area is 133 Å². The van der Waals surface area contributed by atoms with Gasteiger partial charge in [-0.2, -0.15) is 4.98 Å². The molecule has 2 rings (SSSR count). The number of benzene rings is 1. The van der Waals surface area contributed by atoms with Crippen molar-refractivity contribution in [3.63, 3.8) is 0 Å². The van der Waals surface area contributed by atoms with Crippen molar-refractivity contribution in [3.8, 4) is 11.4 Å². The zero-order chi connectivity index (χ0) is 16.3. The van der Waals surface area contributed by atoms with E-state index in [0.717, 1.165) is 5.56 Å². The van der Waals surface area contributed by atoms with Crippen molar-refractivity contribution in [2.75, 3.05) is 0 Å². The summed E-state index contributed by atoms with van der Waals surface area (Å²) < 4.78 is 10.4. The van der Waals surface area contributed by atoms with Crippen molar-refractivity contribution < 1.29 is 14.1 Å². The van der Waals surface area contributed by atoms with Gasteiger partial charge in [0.2, 0.25) is 11.7 Å². The summed E-state index contributed by atoms with van der Waals surface area (Å²) in [4.78, 5) is 16.0. The predicted molar refractivity (Wildman–Crippen MR) is 82.5 cm³/mol. The summed E-state index contributed by atoms with van der Waals surface area (Å²) >= 11 is 5.84. The Balaban J connectivity index is 2.04. The van der Waals surface area contributed by atoms with Crippen LogP contribution in [0.5, 0.6) is 0 Å². The first-order valence-corrected chi connectivity index (χ1v) is 7.21. The second-order valence-corrected chi connectivity index (χ2v) is 6.27. The van der Waals surface area contributed by atoms with Crippen molar-refractivity contribution in [1.82, 2.24) is 15.5 Å². The van der Waals surface area contributed by atoms with Gasteiger partial charge in [0, 0.05) is 10.6 Å². The third kappa shape index (κ3) is 4.46. The lowest BCUT2D eigenvalue weighted by Gasteiger charge is -2.20. The molecule has 118 valence electrons. The molecule has 0 aliphatic rings. The van der Waals surface area contributed by atoms with E-state index in [1.165, 1.54) is 0 Å². The van der Waals surface area contributed by atoms with E-state index >= 15 is 0 Å². The van der Waals surface area contributed by atoms with E-state index in [9.17, 15) is 4.79 Å². The number of alkyl carbamates (subject to hydrolysis) is 1. The summed E-state index contributed by atoms with van der Waals surface area (Å²) in [5.41, 5.74) is 0.219. The van der Waals surface area contributed by atoms with E-state index in [4.69, 9.17) is 20.9 Å². The molecule has 1 atom stereocenters. The number of nitrogens with one attached hydrogen (secondary N) is 1. The second-order valence-electron chi connectivity index (χ2n) is 5.83. The fraction of sp³-hybridized carbons (Fsp3) is 0.400. The molecule has 0 spiro atoms. The van der Waals surface area contributed by atoms with Crippen LogP contribution in [0, 0.1) is 0 Å². The van der Waals surface area contributed by atoms with Crippen LogP contribution in [0.4, 0.5) is 4.79 Å². The first-order chi connectivity index (χ1) is 10.2. The molecule has 1 amide bonds. The lowest BCUT2D eigenvalue weighted by Crippen LogP contribution is -2.34. The Hall–Kier alpha value is -2.08. The van der Waals surface area contributed by atoms with Crippen molar-refractivity contribution in [3.05, 3.63) is 35.2 Å². The van der Waals surface area contributed by atoms with Crippen LogP contribution >= 0.6 is 11.6 Å². The number of halogens is 1. The quantitative estimate of drug-likeness (QED) is 0.924. The molecule has 0 radical (unpaired) electrons. The highest BCUT2D eigenvalue weighted by Gasteiger charge is 2.21. The molecule has 2 aromatic rings. The molecular weight excluding hydrogens is 306 g/mol. The first-order valence-electron chi connectivity index (χ1n) is 6.83. The van der Waals surface area contributed by atoms with Gasteiger partial charge in [-0.3, -0.25) is 0 Å². The molecule has 0 aliphatic heterocycles. The summed E-state index contributed by atoms with van der Waals surface area (Å²) in [5, 5.41) is 7.18. The van der Waals surface area contributed by atoms with Gasteiger partial charge < -0.3 is 14.6 Å². The number of amides is 1. The molecule has 0 bridgehead atoms. The van der Waals surface area contributed by atoms with E-state index in [1.54, 1.807) is 52.0 Å². The molecule has 0 saturated heterocycles. The van der Waals surface area contributed by atoms with Crippen molar-refractivity contribution in [2.24, 2.45) is 0 Å². The summed E-state index contributed by atoms with van der Waals surface area (Å²) in [5.74, 6) is 0.736. The molecule has 0 fully saturated rings. The lowest BCUT2D eigenvalue weighted by atomic mass is 10.2. The average Bonchev–Trinajstić information content (AvgIpc) is 2.86. The number of carbonyl (C=O) groups excluding carboxylic acids is 1. The topological polar surface area (TPSA) is 77.2 Å². The molecule has 1 aromatic heterocycles. The minimum atomic E-state index is -0.562. The van der Waals surface area contributed by atoms with Gasteiger partial charge in [0.05, 0.1) is 0 Å². The normalized spacial score (nSPS) is 12.8. The fourth-order valence-electron chi connectivity index (χ4n) is 1.67. The summed E-state index contributed by atoms with van der Waals surface area (Å²) in [7, 11) is 0. The number of nitrogens with zero attached hydrogens (tertiary/aromatic N) is 2. The maximum atomic E-state index is 11.7. The van der Waals surface area contributed by atoms with Gasteiger partial charge in [0.15, 0.2) is 0 Å². The van der Waals surface area contributed by atoms with Gasteiger partial charge in [-0.15, -0.1) is 0 Å². The first kappa shape index (κ1) is 16.3. The zero-order valence-electron chi connectivity index (χ0n) is 12.9. The van der Waals surface area contributed by atoms with E-state index in [1.807, 2.05) is 0 Å². The Kier molecular flexibility index (Phi) is 4.71. The number of ether oxygens (including phenoxy) is 1. The maximum absolute atomic E-state index is 11.7. The van der Waals surface area contributed by atoms with Crippen LogP contribution < -0.4 is 5.32 Å². The highest BCUT2D eigenvalue weighted by molar-refractivity contribution is 6.30. The highest BCUT2D eigenvalue weighted by atomic mass is 35.5. The molecule has 0 saturated carbocycles. The molecule has 1 aromatic carbocycles. The Morgan fingerprint density at radius 2 is 1.95 bits per heavy atom. The van der Waals surface area contributed by atoms with Crippen LogP contribution in [0.15, 0.2) is 28.8 Å². The van der Waals surface area contributed by atoms with Crippen LogP contribution in [0.1, 0.15) is 39.6 Å². The molecule has 22 heavy (non-hydrogen) atoms. The molecule has 1 N–H and O–H groups in total. The van der Waals surface area contributed by atoms with E-state index in [2.05, 4.69) is 15.5 Å². The van der Waals surface area contributed by atoms with Gasteiger partial charge in [-0.25, -0.2) is 4.79 Å². The minimum absolute atomic E-state index is 0.302. The van der Waals surface area contributed by atoms with Gasteiger partial charge in [0.1, 0.15) is 11.6 Å². The van der Waals surface area contributed by atoms with Gasteiger partial charge >= 0.3 is 6.09 Å². The standard InChI is InChI=1S/C15H18ClN3O3/c1-9(17-14(20)21-15(2,3)4)13-18-12(19-22-13)10-5-7-11(16)8-6-10/h5-9H,1-4H3,(H,17,20). The summed E-state index contributed by atoms with van der Waals surface area (Å²) in [6.45, 7) is 7.12. The Bertz CT molecular complexity index is 647. The number of rotatable bonds is 3. The third-order valence-electron chi connectivity index (χ3n) is 2.65. The molecule has 1 heterocycles. The van der Waals surface area contributed by atoms with E-state index in [-0.39, 0.29) is 0 Å². The van der Waals surface area contributed by atoms with Crippen LogP contribution in [0.25, 0.3) is 11.4 Å². The van der Waals surface area contributed by atoms with E-state index in [0.29, 0.717) is 16.7 Å². The molecule has 1 unspecified atom stereocenters. The molecule has 0 aliphatic carbocycles. The number of carbonyl (C=O) groups is 1. The fourth-order valence-corrected chi connectivity index (χ4v) is 1.80. The van der Waals surface area contributed by atoms with Crippen LogP contribution in [0.3, 0.4) is 0 Å². The Morgan fingerprint density at radius 3 is 2.55 bits per heavy atom. The van der Waals surface area contributed by atoms with E-state index < -0.39 is 17.7 Å². The minimum Gasteiger partial charge on any atom is -0.444 e. The average molecular weight is 324 g/mol. The number of aromatic nitrogens is 2. The molecule has 7 heteroatoms. The largest absolute Gasteiger partial charge is 0.444 e. The summed E-state index contributed by atoms with van der Waals surface area (Å²) in [6.07, 6.45) is -0.536. The van der Waals surface area contributed by atoms with Crippen LogP contribution in [-0.4, -0.2) is 21.8 Å². The smallest absolute Gasteiger partial charge is 0.408 e. The van der Waals surface area contributed by atoms with Gasteiger partial charge in [0.25, 0.3) is 0 Å². The van der Waals surface area contributed by atoms with Crippen LogP contribution in [0.2, 0.25) is 5.02 Å². The maximum Gasteiger partial charge on any atom is 0.408 e. The summed E-state index contributed by atoms with van der Waals surface area (Å²) in [6, 6.07) is 6.62. The molecular formula is C15H18ClN3O3. The van der Waals surface area contributed by atoms with Gasteiger partial charge in [-0.1, -0.05) is 16.8 Å². The zero-order valence-corrected chi connectivity index (χ0v) is 13.6. The lowest BCUT2D eigenvalue weighted by molar-refractivity contribution is 0.0499. The number of hydrogen-bond acceptors (Lipinski definition) is 5. The third-order valence-corrected chi connectivity index (χ3v) is 2.90. The number of hydrogen-bond donors (Lipinski definition) is 1. The Morgan fingerprint density at radius 1 is 1.32 bits per heavy atom. The van der Waals surface area contributed by atoms with Crippen molar-refractivity contribution in [2.45, 2.75) is 39.3 Å².